The van der Waals surface area contributed by atoms with Crippen molar-refractivity contribution in [1.82, 2.24) is 14.9 Å². The standard InChI is InChI=1S/C17H27N3O2S/c1-10(2)7-20(9-17(5,6)22)8-13-18-15(21)14-11(3)12(4)23-16(14)19-13/h10,22H,7-9H2,1-6H3,(H,18,19,21). The monoisotopic (exact) mass is 337 g/mol. The highest BCUT2D eigenvalue weighted by Gasteiger charge is 2.21. The lowest BCUT2D eigenvalue weighted by Crippen LogP contribution is -2.40. The smallest absolute Gasteiger partial charge is 0.259 e. The zero-order valence-electron chi connectivity index (χ0n) is 14.9. The number of fused-ring (bicyclic) bond motifs is 1. The van der Waals surface area contributed by atoms with Crippen molar-refractivity contribution in [2.75, 3.05) is 13.1 Å². The molecule has 128 valence electrons. The molecule has 0 atom stereocenters. The Morgan fingerprint density at radius 1 is 1.35 bits per heavy atom. The van der Waals surface area contributed by atoms with Crippen LogP contribution in [0, 0.1) is 19.8 Å². The van der Waals surface area contributed by atoms with Crippen LogP contribution >= 0.6 is 11.3 Å². The minimum absolute atomic E-state index is 0.0698. The van der Waals surface area contributed by atoms with Gasteiger partial charge in [-0.1, -0.05) is 13.8 Å². The molecule has 0 fully saturated rings. The van der Waals surface area contributed by atoms with Crippen molar-refractivity contribution in [2.45, 2.75) is 53.7 Å². The number of aromatic nitrogens is 2. The van der Waals surface area contributed by atoms with E-state index < -0.39 is 5.60 Å². The molecule has 23 heavy (non-hydrogen) atoms. The van der Waals surface area contributed by atoms with Crippen LogP contribution in [0.15, 0.2) is 4.79 Å². The maximum absolute atomic E-state index is 12.4. The van der Waals surface area contributed by atoms with Gasteiger partial charge in [-0.15, -0.1) is 11.3 Å². The van der Waals surface area contributed by atoms with Crippen molar-refractivity contribution >= 4 is 21.6 Å². The first-order chi connectivity index (χ1) is 10.6. The van der Waals surface area contributed by atoms with Crippen LogP contribution in [0.25, 0.3) is 10.2 Å². The third kappa shape index (κ3) is 4.62. The number of hydrogen-bond donors (Lipinski definition) is 2. The molecule has 0 spiro atoms. The highest BCUT2D eigenvalue weighted by molar-refractivity contribution is 7.18. The fraction of sp³-hybridized carbons (Fsp3) is 0.647. The molecule has 2 aromatic heterocycles. The van der Waals surface area contributed by atoms with Crippen molar-refractivity contribution in [3.63, 3.8) is 0 Å². The van der Waals surface area contributed by atoms with E-state index in [2.05, 4.69) is 28.7 Å². The number of hydrogen-bond acceptors (Lipinski definition) is 5. The molecule has 2 heterocycles. The van der Waals surface area contributed by atoms with E-state index in [1.807, 2.05) is 13.8 Å². The average molecular weight is 337 g/mol. The van der Waals surface area contributed by atoms with Crippen LogP contribution in [0.3, 0.4) is 0 Å². The molecule has 0 aromatic carbocycles. The second kappa shape index (κ2) is 6.71. The number of aromatic amines is 1. The number of nitrogens with one attached hydrogen (secondary N) is 1. The second-order valence-electron chi connectivity index (χ2n) is 7.35. The number of H-pyrrole nitrogens is 1. The van der Waals surface area contributed by atoms with Crippen LogP contribution in [0.5, 0.6) is 0 Å². The van der Waals surface area contributed by atoms with Gasteiger partial charge in [-0.2, -0.15) is 0 Å². The largest absolute Gasteiger partial charge is 0.389 e. The lowest BCUT2D eigenvalue weighted by atomic mass is 10.1. The van der Waals surface area contributed by atoms with Gasteiger partial charge in [0.1, 0.15) is 10.7 Å². The van der Waals surface area contributed by atoms with Gasteiger partial charge >= 0.3 is 0 Å². The summed E-state index contributed by atoms with van der Waals surface area (Å²) in [7, 11) is 0. The summed E-state index contributed by atoms with van der Waals surface area (Å²) in [6, 6.07) is 0. The van der Waals surface area contributed by atoms with E-state index in [9.17, 15) is 9.90 Å². The third-order valence-corrected chi connectivity index (χ3v) is 4.80. The van der Waals surface area contributed by atoms with Crippen molar-refractivity contribution in [3.05, 3.63) is 26.6 Å². The Labute approximate surface area is 141 Å². The Morgan fingerprint density at radius 3 is 2.57 bits per heavy atom. The van der Waals surface area contributed by atoms with Gasteiger partial charge in [0.25, 0.3) is 5.56 Å². The van der Waals surface area contributed by atoms with Crippen molar-refractivity contribution in [2.24, 2.45) is 5.92 Å². The molecule has 0 aliphatic rings. The quantitative estimate of drug-likeness (QED) is 0.850. The normalized spacial score (nSPS) is 12.7. The molecular formula is C17H27N3O2S. The van der Waals surface area contributed by atoms with E-state index in [-0.39, 0.29) is 5.56 Å². The summed E-state index contributed by atoms with van der Waals surface area (Å²) in [5, 5.41) is 10.8. The Hall–Kier alpha value is -1.24. The predicted octanol–water partition coefficient (Wildman–Crippen LogP) is 2.83. The SMILES string of the molecule is Cc1sc2nc(CN(CC(C)C)CC(C)(C)O)[nH]c(=O)c2c1C. The van der Waals surface area contributed by atoms with Gasteiger partial charge in [0.2, 0.25) is 0 Å². The van der Waals surface area contributed by atoms with Crippen LogP contribution in [0.1, 0.15) is 44.0 Å². The number of rotatable bonds is 6. The van der Waals surface area contributed by atoms with E-state index in [1.165, 1.54) is 0 Å². The minimum atomic E-state index is -0.782. The summed E-state index contributed by atoms with van der Waals surface area (Å²) in [5.41, 5.74) is 0.162. The molecular weight excluding hydrogens is 310 g/mol. The van der Waals surface area contributed by atoms with Crippen LogP contribution in [-0.2, 0) is 6.54 Å². The minimum Gasteiger partial charge on any atom is -0.389 e. The summed E-state index contributed by atoms with van der Waals surface area (Å²) >= 11 is 1.56. The fourth-order valence-corrected chi connectivity index (χ4v) is 3.88. The van der Waals surface area contributed by atoms with Gasteiger partial charge in [0, 0.05) is 18.0 Å². The fourth-order valence-electron chi connectivity index (χ4n) is 2.83. The van der Waals surface area contributed by atoms with Gasteiger partial charge in [0.15, 0.2) is 0 Å². The summed E-state index contributed by atoms with van der Waals surface area (Å²) in [4.78, 5) is 24.0. The van der Waals surface area contributed by atoms with Gasteiger partial charge in [0.05, 0.1) is 17.5 Å². The molecule has 2 aromatic rings. The first-order valence-corrected chi connectivity index (χ1v) is 8.82. The topological polar surface area (TPSA) is 69.2 Å². The molecule has 6 heteroatoms. The summed E-state index contributed by atoms with van der Waals surface area (Å²) in [6.07, 6.45) is 0. The molecule has 0 aliphatic heterocycles. The molecule has 2 rings (SSSR count). The van der Waals surface area contributed by atoms with Gasteiger partial charge in [-0.05, 0) is 39.2 Å². The van der Waals surface area contributed by atoms with Gasteiger partial charge in [-0.25, -0.2) is 4.98 Å². The van der Waals surface area contributed by atoms with E-state index in [0.29, 0.717) is 30.2 Å². The van der Waals surface area contributed by atoms with Crippen LogP contribution in [0.2, 0.25) is 0 Å². The summed E-state index contributed by atoms with van der Waals surface area (Å²) in [6.45, 7) is 13.8. The number of nitrogens with zero attached hydrogens (tertiary/aromatic N) is 2. The molecule has 0 saturated heterocycles. The van der Waals surface area contributed by atoms with E-state index in [1.54, 1.807) is 25.2 Å². The molecule has 0 bridgehead atoms. The van der Waals surface area contributed by atoms with Crippen LogP contribution < -0.4 is 5.56 Å². The molecule has 5 nitrogen and oxygen atoms in total. The van der Waals surface area contributed by atoms with E-state index in [4.69, 9.17) is 0 Å². The van der Waals surface area contributed by atoms with Crippen LogP contribution in [-0.4, -0.2) is 38.7 Å². The lowest BCUT2D eigenvalue weighted by molar-refractivity contribution is 0.0289. The zero-order valence-corrected chi connectivity index (χ0v) is 15.7. The van der Waals surface area contributed by atoms with Crippen molar-refractivity contribution < 1.29 is 5.11 Å². The first kappa shape index (κ1) is 18.1. The average Bonchev–Trinajstić information content (AvgIpc) is 2.61. The Kier molecular flexibility index (Phi) is 5.28. The molecule has 0 amide bonds. The van der Waals surface area contributed by atoms with Crippen LogP contribution in [0.4, 0.5) is 0 Å². The van der Waals surface area contributed by atoms with Gasteiger partial charge < -0.3 is 10.1 Å². The zero-order chi connectivity index (χ0) is 17.4. The third-order valence-electron chi connectivity index (χ3n) is 3.70. The first-order valence-electron chi connectivity index (χ1n) is 8.00. The highest BCUT2D eigenvalue weighted by Crippen LogP contribution is 2.25. The molecule has 0 radical (unpaired) electrons. The van der Waals surface area contributed by atoms with E-state index >= 15 is 0 Å². The summed E-state index contributed by atoms with van der Waals surface area (Å²) < 4.78 is 0. The number of aliphatic hydroxyl groups is 1. The molecule has 0 aliphatic carbocycles. The van der Waals surface area contributed by atoms with Crippen molar-refractivity contribution in [3.8, 4) is 0 Å². The molecule has 0 saturated carbocycles. The highest BCUT2D eigenvalue weighted by atomic mass is 32.1. The summed E-state index contributed by atoms with van der Waals surface area (Å²) in [5.74, 6) is 1.13. The number of thiophene rings is 1. The Balaban J connectivity index is 2.32. The van der Waals surface area contributed by atoms with Crippen molar-refractivity contribution in [1.29, 1.82) is 0 Å². The Bertz CT molecular complexity index is 741. The predicted molar refractivity (Wildman–Crippen MR) is 96.1 cm³/mol. The Morgan fingerprint density at radius 2 is 2.00 bits per heavy atom. The van der Waals surface area contributed by atoms with Gasteiger partial charge in [-0.3, -0.25) is 9.69 Å². The number of aryl methyl sites for hydroxylation is 2. The maximum Gasteiger partial charge on any atom is 0.259 e. The van der Waals surface area contributed by atoms with E-state index in [0.717, 1.165) is 21.8 Å². The molecule has 0 unspecified atom stereocenters. The second-order valence-corrected chi connectivity index (χ2v) is 8.56. The lowest BCUT2D eigenvalue weighted by Gasteiger charge is -2.29. The molecule has 2 N–H and O–H groups in total. The maximum atomic E-state index is 12.4.